The van der Waals surface area contributed by atoms with Gasteiger partial charge in [-0.25, -0.2) is 4.79 Å². The third kappa shape index (κ3) is 3.49. The number of nitrogens with two attached hydrogens (primary N) is 1. The van der Waals surface area contributed by atoms with Gasteiger partial charge < -0.3 is 15.4 Å². The van der Waals surface area contributed by atoms with E-state index in [0.29, 0.717) is 19.1 Å². The summed E-state index contributed by atoms with van der Waals surface area (Å²) in [6.07, 6.45) is 4.58. The average molecular weight is 283 g/mol. The van der Waals surface area contributed by atoms with Crippen molar-refractivity contribution in [1.82, 2.24) is 9.80 Å². The van der Waals surface area contributed by atoms with Gasteiger partial charge in [-0.1, -0.05) is 0 Å². The predicted molar refractivity (Wildman–Crippen MR) is 75.0 cm³/mol. The Kier molecular flexibility index (Phi) is 5.37. The Morgan fingerprint density at radius 2 is 1.95 bits per heavy atom. The molecule has 6 heteroatoms. The molecular weight excluding hydrogens is 258 g/mol. The summed E-state index contributed by atoms with van der Waals surface area (Å²) in [5.74, 6) is -0.923. The molecule has 0 saturated carbocycles. The molecule has 2 rings (SSSR count). The third-order valence-corrected chi connectivity index (χ3v) is 4.17. The van der Waals surface area contributed by atoms with Crippen LogP contribution in [0.15, 0.2) is 0 Å². The zero-order valence-electron chi connectivity index (χ0n) is 12.2. The molecule has 1 amide bonds. The number of carbonyl (C=O) groups is 2. The highest BCUT2D eigenvalue weighted by Crippen LogP contribution is 2.20. The lowest BCUT2D eigenvalue weighted by molar-refractivity contribution is -0.151. The molecule has 0 aromatic rings. The molecule has 2 atom stereocenters. The van der Waals surface area contributed by atoms with Crippen LogP contribution in [0.1, 0.15) is 32.6 Å². The number of nitrogens with zero attached hydrogens (tertiary/aromatic N) is 2. The molecule has 114 valence electrons. The van der Waals surface area contributed by atoms with Gasteiger partial charge >= 0.3 is 5.97 Å². The number of rotatable bonds is 4. The normalized spacial score (nSPS) is 25.5. The summed E-state index contributed by atoms with van der Waals surface area (Å²) >= 11 is 0. The van der Waals surface area contributed by atoms with Crippen molar-refractivity contribution in [2.75, 3.05) is 32.8 Å². The van der Waals surface area contributed by atoms with Crippen LogP contribution in [-0.2, 0) is 14.3 Å². The number of ether oxygens (including phenoxy) is 1. The Morgan fingerprint density at radius 1 is 1.25 bits per heavy atom. The molecular formula is C14H25N3O3. The monoisotopic (exact) mass is 283 g/mol. The molecule has 0 aromatic carbocycles. The Hall–Kier alpha value is -1.14. The van der Waals surface area contributed by atoms with Crippen LogP contribution >= 0.6 is 0 Å². The molecule has 0 aromatic heterocycles. The average Bonchev–Trinajstić information content (AvgIpc) is 3.00. The van der Waals surface area contributed by atoms with Crippen LogP contribution in [0.3, 0.4) is 0 Å². The lowest BCUT2D eigenvalue weighted by atomic mass is 10.0. The summed E-state index contributed by atoms with van der Waals surface area (Å²) < 4.78 is 4.82. The van der Waals surface area contributed by atoms with Crippen molar-refractivity contribution in [3.05, 3.63) is 0 Å². The number of piperidine rings is 1. The largest absolute Gasteiger partial charge is 0.464 e. The summed E-state index contributed by atoms with van der Waals surface area (Å²) in [6.45, 7) is 5.57. The first-order valence-corrected chi connectivity index (χ1v) is 7.58. The molecule has 20 heavy (non-hydrogen) atoms. The fourth-order valence-electron chi connectivity index (χ4n) is 3.09. The van der Waals surface area contributed by atoms with Gasteiger partial charge in [-0.2, -0.15) is 0 Å². The number of hydrogen-bond acceptors (Lipinski definition) is 5. The zero-order valence-corrected chi connectivity index (χ0v) is 12.2. The minimum atomic E-state index is -1.17. The quantitative estimate of drug-likeness (QED) is 0.579. The van der Waals surface area contributed by atoms with Crippen LogP contribution in [0.5, 0.6) is 0 Å². The van der Waals surface area contributed by atoms with E-state index in [2.05, 4.69) is 4.90 Å². The van der Waals surface area contributed by atoms with Crippen molar-refractivity contribution in [3.63, 3.8) is 0 Å². The van der Waals surface area contributed by atoms with Crippen LogP contribution in [0.4, 0.5) is 0 Å². The van der Waals surface area contributed by atoms with E-state index >= 15 is 0 Å². The Morgan fingerprint density at radius 3 is 2.60 bits per heavy atom. The van der Waals surface area contributed by atoms with Crippen LogP contribution < -0.4 is 5.73 Å². The van der Waals surface area contributed by atoms with E-state index in [4.69, 9.17) is 10.5 Å². The molecule has 2 heterocycles. The molecule has 2 unspecified atom stereocenters. The van der Waals surface area contributed by atoms with Crippen molar-refractivity contribution in [3.8, 4) is 0 Å². The molecule has 2 aliphatic rings. The van der Waals surface area contributed by atoms with E-state index < -0.39 is 12.0 Å². The van der Waals surface area contributed by atoms with E-state index in [9.17, 15) is 9.59 Å². The molecule has 6 nitrogen and oxygen atoms in total. The van der Waals surface area contributed by atoms with Crippen LogP contribution in [0, 0.1) is 0 Å². The summed E-state index contributed by atoms with van der Waals surface area (Å²) in [6, 6.07) is -0.753. The highest BCUT2D eigenvalue weighted by Gasteiger charge is 2.33. The molecule has 2 fully saturated rings. The number of likely N-dealkylation sites (tertiary alicyclic amines) is 2. The first-order valence-electron chi connectivity index (χ1n) is 7.58. The Bertz CT molecular complexity index is 356. The van der Waals surface area contributed by atoms with Crippen molar-refractivity contribution in [1.29, 1.82) is 0 Å². The van der Waals surface area contributed by atoms with Gasteiger partial charge in [0.25, 0.3) is 5.91 Å². The van der Waals surface area contributed by atoms with Gasteiger partial charge in [-0.15, -0.1) is 0 Å². The zero-order chi connectivity index (χ0) is 14.5. The Labute approximate surface area is 120 Å². The van der Waals surface area contributed by atoms with Gasteiger partial charge in [0.1, 0.15) is 0 Å². The van der Waals surface area contributed by atoms with Crippen LogP contribution in [0.2, 0.25) is 0 Å². The number of hydrogen-bond donors (Lipinski definition) is 1. The highest BCUT2D eigenvalue weighted by atomic mass is 16.5. The summed E-state index contributed by atoms with van der Waals surface area (Å²) in [4.78, 5) is 28.0. The lowest BCUT2D eigenvalue weighted by Crippen LogP contribution is -2.55. The van der Waals surface area contributed by atoms with Gasteiger partial charge in [0.05, 0.1) is 6.61 Å². The van der Waals surface area contributed by atoms with Crippen molar-refractivity contribution >= 4 is 11.9 Å². The molecule has 2 aliphatic heterocycles. The van der Waals surface area contributed by atoms with Gasteiger partial charge in [-0.05, 0) is 45.7 Å². The molecule has 2 N–H and O–H groups in total. The summed E-state index contributed by atoms with van der Waals surface area (Å²) in [5, 5.41) is 0. The topological polar surface area (TPSA) is 75.9 Å². The first kappa shape index (κ1) is 15.3. The third-order valence-electron chi connectivity index (χ3n) is 4.17. The highest BCUT2D eigenvalue weighted by molar-refractivity contribution is 6.01. The molecule has 0 radical (unpaired) electrons. The van der Waals surface area contributed by atoms with E-state index in [1.54, 1.807) is 11.8 Å². The van der Waals surface area contributed by atoms with Crippen LogP contribution in [-0.4, -0.2) is 66.5 Å². The van der Waals surface area contributed by atoms with Gasteiger partial charge in [0.2, 0.25) is 0 Å². The first-order chi connectivity index (χ1) is 9.63. The fourth-order valence-corrected chi connectivity index (χ4v) is 3.09. The minimum absolute atomic E-state index is 0.246. The number of amides is 1. The maximum Gasteiger partial charge on any atom is 0.332 e. The van der Waals surface area contributed by atoms with Gasteiger partial charge in [-0.3, -0.25) is 9.69 Å². The van der Waals surface area contributed by atoms with Crippen molar-refractivity contribution in [2.24, 2.45) is 5.73 Å². The number of esters is 1. The van der Waals surface area contributed by atoms with E-state index in [-0.39, 0.29) is 12.5 Å². The maximum atomic E-state index is 12.3. The second kappa shape index (κ2) is 7.04. The second-order valence-electron chi connectivity index (χ2n) is 5.55. The standard InChI is InChI=1S/C14H25N3O3/c1-2-20-14(19)12(15)13(18)17-9-5-6-11(10-17)16-7-3-4-8-16/h11-12H,2-10,15H2,1H3. The van der Waals surface area contributed by atoms with E-state index in [1.165, 1.54) is 12.8 Å². The predicted octanol–water partition coefficient (Wildman–Crippen LogP) is -0.0364. The fraction of sp³-hybridized carbons (Fsp3) is 0.857. The molecule has 0 bridgehead atoms. The summed E-state index contributed by atoms with van der Waals surface area (Å²) in [7, 11) is 0. The second-order valence-corrected chi connectivity index (χ2v) is 5.55. The number of carbonyl (C=O) groups excluding carboxylic acids is 2. The SMILES string of the molecule is CCOC(=O)C(N)C(=O)N1CCCC(N2CCCC2)C1. The van der Waals surface area contributed by atoms with Gasteiger partial charge in [0, 0.05) is 19.1 Å². The molecule has 0 aliphatic carbocycles. The summed E-state index contributed by atoms with van der Waals surface area (Å²) in [5.41, 5.74) is 5.70. The van der Waals surface area contributed by atoms with Crippen molar-refractivity contribution in [2.45, 2.75) is 44.7 Å². The smallest absolute Gasteiger partial charge is 0.332 e. The molecule has 0 spiro atoms. The van der Waals surface area contributed by atoms with E-state index in [0.717, 1.165) is 25.9 Å². The Balaban J connectivity index is 1.90. The maximum absolute atomic E-state index is 12.3. The van der Waals surface area contributed by atoms with E-state index in [1.807, 2.05) is 0 Å². The van der Waals surface area contributed by atoms with Crippen LogP contribution in [0.25, 0.3) is 0 Å². The van der Waals surface area contributed by atoms with Gasteiger partial charge in [0.15, 0.2) is 6.04 Å². The van der Waals surface area contributed by atoms with Crippen molar-refractivity contribution < 1.29 is 14.3 Å². The minimum Gasteiger partial charge on any atom is -0.464 e. The lowest BCUT2D eigenvalue weighted by Gasteiger charge is -2.38. The molecule has 2 saturated heterocycles.